The molecule has 0 atom stereocenters. The molecular formula is C13H11FOS. The van der Waals surface area contributed by atoms with E-state index in [2.05, 4.69) is 0 Å². The molecule has 3 heteroatoms. The van der Waals surface area contributed by atoms with Gasteiger partial charge >= 0.3 is 0 Å². The van der Waals surface area contributed by atoms with Gasteiger partial charge < -0.3 is 4.74 Å². The average Bonchev–Trinajstić information content (AvgIpc) is 2.32. The van der Waals surface area contributed by atoms with Crippen molar-refractivity contribution < 1.29 is 9.13 Å². The molecule has 0 fully saturated rings. The molecule has 0 heterocycles. The number of halogens is 1. The van der Waals surface area contributed by atoms with Crippen LogP contribution in [-0.4, -0.2) is 6.26 Å². The zero-order chi connectivity index (χ0) is 11.4. The molecule has 0 spiro atoms. The van der Waals surface area contributed by atoms with E-state index < -0.39 is 0 Å². The van der Waals surface area contributed by atoms with Crippen molar-refractivity contribution in [3.8, 4) is 11.5 Å². The largest absolute Gasteiger partial charge is 0.457 e. The van der Waals surface area contributed by atoms with Crippen molar-refractivity contribution in [2.24, 2.45) is 0 Å². The highest BCUT2D eigenvalue weighted by Crippen LogP contribution is 2.25. The van der Waals surface area contributed by atoms with E-state index >= 15 is 0 Å². The van der Waals surface area contributed by atoms with Gasteiger partial charge in [-0.05, 0) is 48.7 Å². The number of benzene rings is 2. The summed E-state index contributed by atoms with van der Waals surface area (Å²) < 4.78 is 18.3. The Morgan fingerprint density at radius 2 is 1.75 bits per heavy atom. The molecule has 16 heavy (non-hydrogen) atoms. The first-order chi connectivity index (χ1) is 7.78. The number of thioether (sulfide) groups is 1. The summed E-state index contributed by atoms with van der Waals surface area (Å²) in [5, 5.41) is 0. The van der Waals surface area contributed by atoms with E-state index in [1.54, 1.807) is 23.9 Å². The van der Waals surface area contributed by atoms with Gasteiger partial charge in [0.1, 0.15) is 17.3 Å². The summed E-state index contributed by atoms with van der Waals surface area (Å²) in [6.07, 6.45) is 2.01. The minimum Gasteiger partial charge on any atom is -0.457 e. The Hall–Kier alpha value is -1.48. The van der Waals surface area contributed by atoms with Gasteiger partial charge in [0.05, 0.1) is 0 Å². The lowest BCUT2D eigenvalue weighted by atomic mass is 10.3. The van der Waals surface area contributed by atoms with Gasteiger partial charge in [-0.25, -0.2) is 4.39 Å². The number of hydrogen-bond acceptors (Lipinski definition) is 2. The molecule has 0 unspecified atom stereocenters. The summed E-state index contributed by atoms with van der Waals surface area (Å²) in [4.78, 5) is 1.14. The highest BCUT2D eigenvalue weighted by molar-refractivity contribution is 7.98. The lowest BCUT2D eigenvalue weighted by Gasteiger charge is -2.06. The molecule has 0 aliphatic heterocycles. The Morgan fingerprint density at radius 3 is 2.44 bits per heavy atom. The van der Waals surface area contributed by atoms with E-state index in [1.807, 2.05) is 30.5 Å². The van der Waals surface area contributed by atoms with E-state index in [0.29, 0.717) is 5.75 Å². The van der Waals surface area contributed by atoms with Crippen molar-refractivity contribution in [2.45, 2.75) is 4.90 Å². The number of hydrogen-bond donors (Lipinski definition) is 0. The zero-order valence-electron chi connectivity index (χ0n) is 8.81. The van der Waals surface area contributed by atoms with Gasteiger partial charge in [0, 0.05) is 4.90 Å². The molecule has 0 amide bonds. The predicted molar refractivity (Wildman–Crippen MR) is 64.7 cm³/mol. The molecule has 0 N–H and O–H groups in total. The third-order valence-electron chi connectivity index (χ3n) is 2.09. The lowest BCUT2D eigenvalue weighted by molar-refractivity contribution is 0.479. The van der Waals surface area contributed by atoms with Gasteiger partial charge in [0.25, 0.3) is 0 Å². The fourth-order valence-corrected chi connectivity index (χ4v) is 1.75. The molecule has 0 radical (unpaired) electrons. The van der Waals surface area contributed by atoms with Crippen molar-refractivity contribution in [3.05, 3.63) is 54.3 Å². The van der Waals surface area contributed by atoms with Crippen LogP contribution >= 0.6 is 11.8 Å². The lowest BCUT2D eigenvalue weighted by Crippen LogP contribution is -1.84. The van der Waals surface area contributed by atoms with Crippen LogP contribution in [0, 0.1) is 5.82 Å². The minimum absolute atomic E-state index is 0.259. The van der Waals surface area contributed by atoms with Crippen molar-refractivity contribution in [2.75, 3.05) is 6.26 Å². The van der Waals surface area contributed by atoms with E-state index in [1.165, 1.54) is 12.1 Å². The average molecular weight is 234 g/mol. The third kappa shape index (κ3) is 2.76. The second kappa shape index (κ2) is 5.03. The van der Waals surface area contributed by atoms with Crippen LogP contribution in [-0.2, 0) is 0 Å². The quantitative estimate of drug-likeness (QED) is 0.730. The van der Waals surface area contributed by atoms with Gasteiger partial charge in [-0.1, -0.05) is 6.07 Å². The van der Waals surface area contributed by atoms with Crippen molar-refractivity contribution in [1.82, 2.24) is 0 Å². The molecule has 1 nitrogen and oxygen atoms in total. The highest BCUT2D eigenvalue weighted by atomic mass is 32.2. The Bertz CT molecular complexity index is 468. The smallest absolute Gasteiger partial charge is 0.128 e. The summed E-state index contributed by atoms with van der Waals surface area (Å²) >= 11 is 1.66. The summed E-state index contributed by atoms with van der Waals surface area (Å²) in [6.45, 7) is 0. The first kappa shape index (κ1) is 11.0. The second-order valence-electron chi connectivity index (χ2n) is 3.23. The van der Waals surface area contributed by atoms with E-state index in [-0.39, 0.29) is 5.82 Å². The van der Waals surface area contributed by atoms with Crippen LogP contribution in [0.3, 0.4) is 0 Å². The van der Waals surface area contributed by atoms with Crippen LogP contribution < -0.4 is 4.74 Å². The van der Waals surface area contributed by atoms with Gasteiger partial charge in [0.15, 0.2) is 0 Å². The monoisotopic (exact) mass is 234 g/mol. The molecule has 0 bridgehead atoms. The van der Waals surface area contributed by atoms with Crippen LogP contribution in [0.25, 0.3) is 0 Å². The van der Waals surface area contributed by atoms with Crippen molar-refractivity contribution >= 4 is 11.8 Å². The summed E-state index contributed by atoms with van der Waals surface area (Å²) in [6, 6.07) is 13.8. The molecule has 0 saturated carbocycles. The predicted octanol–water partition coefficient (Wildman–Crippen LogP) is 4.34. The zero-order valence-corrected chi connectivity index (χ0v) is 9.63. The Balaban J connectivity index is 2.16. The second-order valence-corrected chi connectivity index (χ2v) is 4.11. The molecule has 2 aromatic rings. The van der Waals surface area contributed by atoms with Gasteiger partial charge in [0.2, 0.25) is 0 Å². The van der Waals surface area contributed by atoms with Crippen LogP contribution in [0.2, 0.25) is 0 Å². The van der Waals surface area contributed by atoms with Crippen molar-refractivity contribution in [1.29, 1.82) is 0 Å². The molecule has 0 saturated heterocycles. The maximum atomic E-state index is 12.7. The molecule has 0 aliphatic carbocycles. The Labute approximate surface area is 98.3 Å². The SMILES string of the molecule is CSc1cccc(Oc2ccc(F)cc2)c1. The first-order valence-electron chi connectivity index (χ1n) is 4.85. The molecule has 0 aromatic heterocycles. The number of rotatable bonds is 3. The molecule has 2 aromatic carbocycles. The molecular weight excluding hydrogens is 223 g/mol. The summed E-state index contributed by atoms with van der Waals surface area (Å²) in [5.41, 5.74) is 0. The third-order valence-corrected chi connectivity index (χ3v) is 2.82. The molecule has 0 aliphatic rings. The van der Waals surface area contributed by atoms with Crippen LogP contribution in [0.5, 0.6) is 11.5 Å². The van der Waals surface area contributed by atoms with Crippen LogP contribution in [0.4, 0.5) is 4.39 Å². The molecule has 82 valence electrons. The first-order valence-corrected chi connectivity index (χ1v) is 6.08. The van der Waals surface area contributed by atoms with Gasteiger partial charge in [-0.15, -0.1) is 11.8 Å². The van der Waals surface area contributed by atoms with E-state index in [0.717, 1.165) is 10.6 Å². The van der Waals surface area contributed by atoms with Gasteiger partial charge in [-0.3, -0.25) is 0 Å². The summed E-state index contributed by atoms with van der Waals surface area (Å²) in [7, 11) is 0. The van der Waals surface area contributed by atoms with Gasteiger partial charge in [-0.2, -0.15) is 0 Å². The Kier molecular flexibility index (Phi) is 3.47. The fraction of sp³-hybridized carbons (Fsp3) is 0.0769. The Morgan fingerprint density at radius 1 is 1.00 bits per heavy atom. The van der Waals surface area contributed by atoms with Crippen molar-refractivity contribution in [3.63, 3.8) is 0 Å². The standard InChI is InChI=1S/C13H11FOS/c1-16-13-4-2-3-12(9-13)15-11-7-5-10(14)6-8-11/h2-9H,1H3. The maximum Gasteiger partial charge on any atom is 0.128 e. The normalized spacial score (nSPS) is 10.1. The molecule has 2 rings (SSSR count). The minimum atomic E-state index is -0.259. The van der Waals surface area contributed by atoms with E-state index in [4.69, 9.17) is 4.74 Å². The highest BCUT2D eigenvalue weighted by Gasteiger charge is 1.98. The topological polar surface area (TPSA) is 9.23 Å². The maximum absolute atomic E-state index is 12.7. The van der Waals surface area contributed by atoms with E-state index in [9.17, 15) is 4.39 Å². The summed E-state index contributed by atoms with van der Waals surface area (Å²) in [5.74, 6) is 1.14. The van der Waals surface area contributed by atoms with Crippen LogP contribution in [0.15, 0.2) is 53.4 Å². The fourth-order valence-electron chi connectivity index (χ4n) is 1.30. The van der Waals surface area contributed by atoms with Crippen LogP contribution in [0.1, 0.15) is 0 Å². The number of ether oxygens (including phenoxy) is 1.